The Labute approximate surface area is 107 Å². The molecule has 1 aromatic carbocycles. The lowest BCUT2D eigenvalue weighted by atomic mass is 10.3. The Balaban J connectivity index is 3.00. The van der Waals surface area contributed by atoms with Gasteiger partial charge in [-0.15, -0.1) is 0 Å². The molecule has 0 aliphatic carbocycles. The minimum Gasteiger partial charge on any atom is -0.330 e. The first-order chi connectivity index (χ1) is 8.29. The van der Waals surface area contributed by atoms with Gasteiger partial charge in [-0.05, 0) is 31.3 Å². The van der Waals surface area contributed by atoms with Crippen LogP contribution in [0.3, 0.4) is 0 Å². The average Bonchev–Trinajstić information content (AvgIpc) is 2.37. The molecule has 0 spiro atoms. The maximum atomic E-state index is 11.7. The largest absolute Gasteiger partial charge is 0.330 e. The molecule has 1 rings (SSSR count). The van der Waals surface area contributed by atoms with Crippen LogP contribution in [0, 0.1) is 0 Å². The second-order valence-corrected chi connectivity index (χ2v) is 5.82. The average molecular weight is 271 g/mol. The van der Waals surface area contributed by atoms with Crippen LogP contribution in [-0.4, -0.2) is 47.5 Å². The molecule has 0 saturated carbocycles. The molecule has 0 saturated heterocycles. The van der Waals surface area contributed by atoms with Crippen molar-refractivity contribution in [3.8, 4) is 0 Å². The summed E-state index contributed by atoms with van der Waals surface area (Å²) in [5.74, 6) is 0. The van der Waals surface area contributed by atoms with E-state index < -0.39 is 10.0 Å². The minimum absolute atomic E-state index is 0.166. The molecule has 1 aromatic rings. The number of amides is 2. The molecule has 0 aliphatic rings. The zero-order valence-corrected chi connectivity index (χ0v) is 11.7. The van der Waals surface area contributed by atoms with Crippen LogP contribution < -0.4 is 9.62 Å². The lowest BCUT2D eigenvalue weighted by molar-refractivity contribution is 0.225. The lowest BCUT2D eigenvalue weighted by Crippen LogP contribution is -2.36. The predicted molar refractivity (Wildman–Crippen MR) is 70.2 cm³/mol. The van der Waals surface area contributed by atoms with E-state index in [4.69, 9.17) is 0 Å². The van der Waals surface area contributed by atoms with Gasteiger partial charge in [-0.2, -0.15) is 0 Å². The fourth-order valence-electron chi connectivity index (χ4n) is 1.38. The molecule has 0 aromatic heterocycles. The van der Waals surface area contributed by atoms with Crippen LogP contribution in [0.4, 0.5) is 10.5 Å². The number of carbonyl (C=O) groups excluding carboxylic acids is 1. The molecule has 6 nitrogen and oxygen atoms in total. The van der Waals surface area contributed by atoms with Gasteiger partial charge in [-0.25, -0.2) is 17.9 Å². The zero-order valence-electron chi connectivity index (χ0n) is 10.8. The van der Waals surface area contributed by atoms with E-state index in [1.165, 1.54) is 29.0 Å². The van der Waals surface area contributed by atoms with Crippen LogP contribution in [0.2, 0.25) is 0 Å². The monoisotopic (exact) mass is 271 g/mol. The second-order valence-electron chi connectivity index (χ2n) is 3.94. The van der Waals surface area contributed by atoms with Gasteiger partial charge >= 0.3 is 6.03 Å². The molecule has 0 heterocycles. The van der Waals surface area contributed by atoms with Gasteiger partial charge in [0.25, 0.3) is 0 Å². The number of urea groups is 1. The minimum atomic E-state index is -3.44. The van der Waals surface area contributed by atoms with Gasteiger partial charge in [-0.3, -0.25) is 4.90 Å². The van der Waals surface area contributed by atoms with E-state index in [9.17, 15) is 13.2 Å². The summed E-state index contributed by atoms with van der Waals surface area (Å²) in [5.41, 5.74) is 0.628. The Morgan fingerprint density at radius 2 is 1.61 bits per heavy atom. The van der Waals surface area contributed by atoms with Crippen molar-refractivity contribution in [3.63, 3.8) is 0 Å². The van der Waals surface area contributed by atoms with Crippen LogP contribution in [0.25, 0.3) is 0 Å². The molecule has 0 atom stereocenters. The van der Waals surface area contributed by atoms with Gasteiger partial charge in [-0.1, -0.05) is 0 Å². The number of benzene rings is 1. The maximum absolute atomic E-state index is 11.7. The van der Waals surface area contributed by atoms with Crippen LogP contribution in [0.5, 0.6) is 0 Å². The maximum Gasteiger partial charge on any atom is 0.323 e. The van der Waals surface area contributed by atoms with Crippen molar-refractivity contribution in [2.45, 2.75) is 4.90 Å². The van der Waals surface area contributed by atoms with Crippen LogP contribution in [0.1, 0.15) is 0 Å². The molecule has 18 heavy (non-hydrogen) atoms. The van der Waals surface area contributed by atoms with Crippen molar-refractivity contribution in [1.29, 1.82) is 0 Å². The van der Waals surface area contributed by atoms with Crippen LogP contribution >= 0.6 is 0 Å². The topological polar surface area (TPSA) is 69.7 Å². The van der Waals surface area contributed by atoms with Crippen LogP contribution in [0.15, 0.2) is 29.2 Å². The van der Waals surface area contributed by atoms with Crippen molar-refractivity contribution in [3.05, 3.63) is 24.3 Å². The summed E-state index contributed by atoms with van der Waals surface area (Å²) >= 11 is 0. The predicted octanol–water partition coefficient (Wildman–Crippen LogP) is 0.712. The number of nitrogens with zero attached hydrogens (tertiary/aromatic N) is 2. The molecule has 0 bridgehead atoms. The normalized spacial score (nSPS) is 11.1. The van der Waals surface area contributed by atoms with Gasteiger partial charge in [0.15, 0.2) is 0 Å². The third kappa shape index (κ3) is 2.99. The third-order valence-electron chi connectivity index (χ3n) is 2.47. The Kier molecular flexibility index (Phi) is 4.31. The quantitative estimate of drug-likeness (QED) is 0.880. The fraction of sp³-hybridized carbons (Fsp3) is 0.364. The molecule has 0 aliphatic heterocycles. The van der Waals surface area contributed by atoms with Gasteiger partial charge in [0.2, 0.25) is 10.0 Å². The van der Waals surface area contributed by atoms with Gasteiger partial charge < -0.3 is 4.90 Å². The van der Waals surface area contributed by atoms with E-state index >= 15 is 0 Å². The number of carbonyl (C=O) groups is 1. The first-order valence-corrected chi connectivity index (χ1v) is 6.76. The number of rotatable bonds is 3. The Hall–Kier alpha value is -1.60. The van der Waals surface area contributed by atoms with E-state index in [0.717, 1.165) is 0 Å². The Morgan fingerprint density at radius 3 is 2.00 bits per heavy atom. The molecule has 7 heteroatoms. The summed E-state index contributed by atoms with van der Waals surface area (Å²) in [6, 6.07) is 5.91. The highest BCUT2D eigenvalue weighted by atomic mass is 32.2. The van der Waals surface area contributed by atoms with Gasteiger partial charge in [0.05, 0.1) is 4.90 Å². The standard InChI is InChI=1S/C11H17N3O3S/c1-12-18(16,17)10-7-5-9(6-8-10)14(4)11(15)13(2)3/h5-8,12H,1-4H3. The van der Waals surface area contributed by atoms with E-state index in [1.807, 2.05) is 0 Å². The SMILES string of the molecule is CNS(=O)(=O)c1ccc(N(C)C(=O)N(C)C)cc1. The Morgan fingerprint density at radius 1 is 1.11 bits per heavy atom. The molecule has 0 fully saturated rings. The lowest BCUT2D eigenvalue weighted by Gasteiger charge is -2.21. The number of sulfonamides is 1. The molecule has 1 N–H and O–H groups in total. The van der Waals surface area contributed by atoms with E-state index in [1.54, 1.807) is 33.3 Å². The van der Waals surface area contributed by atoms with Crippen molar-refractivity contribution in [2.75, 3.05) is 33.1 Å². The van der Waals surface area contributed by atoms with Gasteiger partial charge in [0, 0.05) is 26.8 Å². The van der Waals surface area contributed by atoms with Crippen molar-refractivity contribution >= 4 is 21.7 Å². The molecule has 100 valence electrons. The molecule has 0 radical (unpaired) electrons. The summed E-state index contributed by atoms with van der Waals surface area (Å²) in [6.45, 7) is 0. The summed E-state index contributed by atoms with van der Waals surface area (Å²) in [6.07, 6.45) is 0. The summed E-state index contributed by atoms with van der Waals surface area (Å²) in [7, 11) is 2.84. The second kappa shape index (κ2) is 5.36. The highest BCUT2D eigenvalue weighted by molar-refractivity contribution is 7.89. The first kappa shape index (κ1) is 14.5. The summed E-state index contributed by atoms with van der Waals surface area (Å²) in [5, 5.41) is 0. The number of nitrogens with one attached hydrogen (secondary N) is 1. The smallest absolute Gasteiger partial charge is 0.323 e. The Bertz CT molecular complexity index is 523. The van der Waals surface area contributed by atoms with Crippen molar-refractivity contribution < 1.29 is 13.2 Å². The molecule has 2 amide bonds. The summed E-state index contributed by atoms with van der Waals surface area (Å²) in [4.78, 5) is 14.8. The number of hydrogen-bond donors (Lipinski definition) is 1. The van der Waals surface area contributed by atoms with E-state index in [2.05, 4.69) is 4.72 Å². The highest BCUT2D eigenvalue weighted by Crippen LogP contribution is 2.17. The number of hydrogen-bond acceptors (Lipinski definition) is 3. The number of anilines is 1. The molecule has 0 unspecified atom stereocenters. The fourth-order valence-corrected chi connectivity index (χ4v) is 2.11. The highest BCUT2D eigenvalue weighted by Gasteiger charge is 2.15. The van der Waals surface area contributed by atoms with E-state index in [-0.39, 0.29) is 10.9 Å². The van der Waals surface area contributed by atoms with Crippen LogP contribution in [-0.2, 0) is 10.0 Å². The zero-order chi connectivity index (χ0) is 13.9. The third-order valence-corrected chi connectivity index (χ3v) is 3.90. The first-order valence-electron chi connectivity index (χ1n) is 5.28. The summed E-state index contributed by atoms with van der Waals surface area (Å²) < 4.78 is 25.3. The molecular formula is C11H17N3O3S. The molecular weight excluding hydrogens is 254 g/mol. The van der Waals surface area contributed by atoms with E-state index in [0.29, 0.717) is 5.69 Å². The van der Waals surface area contributed by atoms with Gasteiger partial charge in [0.1, 0.15) is 0 Å². The van der Waals surface area contributed by atoms with Crippen molar-refractivity contribution in [1.82, 2.24) is 9.62 Å². The van der Waals surface area contributed by atoms with Crippen molar-refractivity contribution in [2.24, 2.45) is 0 Å².